The summed E-state index contributed by atoms with van der Waals surface area (Å²) in [6, 6.07) is 32.9. The van der Waals surface area contributed by atoms with E-state index >= 15 is 0 Å². The maximum absolute atomic E-state index is 2.42. The van der Waals surface area contributed by atoms with Crippen LogP contribution in [0.4, 0.5) is 11.4 Å². The smallest absolute Gasteiger partial charge is 0.133 e. The molecule has 0 fully saturated rings. The molecule has 0 amide bonds. The summed E-state index contributed by atoms with van der Waals surface area (Å²) in [5.74, 6) is 0. The number of para-hydroxylation sites is 1. The number of nitrogens with zero attached hydrogens (tertiary/aromatic N) is 1. The zero-order chi connectivity index (χ0) is 28.9. The van der Waals surface area contributed by atoms with Crippen LogP contribution in [0.15, 0.2) is 139 Å². The van der Waals surface area contributed by atoms with Gasteiger partial charge in [0.2, 0.25) is 0 Å². The number of hydrogen-bond acceptors (Lipinski definition) is 1. The first kappa shape index (κ1) is 28.4. The van der Waals surface area contributed by atoms with Crippen LogP contribution >= 0.6 is 0 Å². The maximum Gasteiger partial charge on any atom is 0.133 e. The first-order valence-corrected chi connectivity index (χ1v) is 14.7. The predicted molar refractivity (Wildman–Crippen MR) is 177 cm³/mol. The van der Waals surface area contributed by atoms with Gasteiger partial charge < -0.3 is 10.2 Å². The van der Waals surface area contributed by atoms with Crippen LogP contribution in [0, 0.1) is 0 Å². The Kier molecular flexibility index (Phi) is 8.42. The van der Waals surface area contributed by atoms with Crippen molar-refractivity contribution in [1.82, 2.24) is 0 Å². The molecule has 1 aliphatic heterocycles. The molecule has 0 saturated heterocycles. The van der Waals surface area contributed by atoms with Crippen molar-refractivity contribution < 1.29 is 5.32 Å². The van der Waals surface area contributed by atoms with Gasteiger partial charge in [0.1, 0.15) is 5.69 Å². The molecule has 2 heteroatoms. The van der Waals surface area contributed by atoms with Gasteiger partial charge in [-0.2, -0.15) is 0 Å². The van der Waals surface area contributed by atoms with E-state index in [1.165, 1.54) is 44.5 Å². The summed E-state index contributed by atoms with van der Waals surface area (Å²) < 4.78 is 0. The third-order valence-corrected chi connectivity index (χ3v) is 8.66. The summed E-state index contributed by atoms with van der Waals surface area (Å²) in [5.41, 5.74) is 8.07. The fraction of sp³-hybridized carbons (Fsp3) is 0.231. The molecule has 5 rings (SSSR count). The number of fused-ring (bicyclic) bond motifs is 2. The van der Waals surface area contributed by atoms with Crippen molar-refractivity contribution in [3.63, 3.8) is 0 Å². The van der Waals surface area contributed by atoms with E-state index in [0.29, 0.717) is 0 Å². The molecule has 1 aliphatic rings. The van der Waals surface area contributed by atoms with Gasteiger partial charge in [-0.15, -0.1) is 0 Å². The van der Waals surface area contributed by atoms with Gasteiger partial charge in [0, 0.05) is 34.8 Å². The van der Waals surface area contributed by atoms with Crippen LogP contribution in [0.5, 0.6) is 0 Å². The minimum absolute atomic E-state index is 0.00110. The number of anilines is 1. The van der Waals surface area contributed by atoms with Gasteiger partial charge in [-0.25, -0.2) is 0 Å². The summed E-state index contributed by atoms with van der Waals surface area (Å²) in [6.45, 7) is 7.03. The zero-order valence-corrected chi connectivity index (χ0v) is 25.1. The second kappa shape index (κ2) is 12.2. The average molecular weight is 540 g/mol. The molecule has 41 heavy (non-hydrogen) atoms. The van der Waals surface area contributed by atoms with Crippen molar-refractivity contribution in [2.45, 2.75) is 44.4 Å². The molecule has 0 radical (unpaired) electrons. The summed E-state index contributed by atoms with van der Waals surface area (Å²) in [6.07, 6.45) is 17.3. The second-order valence-electron chi connectivity index (χ2n) is 11.9. The van der Waals surface area contributed by atoms with Crippen molar-refractivity contribution in [3.8, 4) is 0 Å². The molecule has 1 atom stereocenters. The zero-order valence-electron chi connectivity index (χ0n) is 25.1. The van der Waals surface area contributed by atoms with Crippen molar-refractivity contribution in [2.75, 3.05) is 19.0 Å². The van der Waals surface area contributed by atoms with Gasteiger partial charge in [0.05, 0.1) is 7.05 Å². The van der Waals surface area contributed by atoms with Crippen LogP contribution in [-0.4, -0.2) is 14.1 Å². The number of allylic oxidation sites excluding steroid dienone is 8. The lowest BCUT2D eigenvalue weighted by molar-refractivity contribution is -0.540. The van der Waals surface area contributed by atoms with Crippen molar-refractivity contribution in [3.05, 3.63) is 156 Å². The fourth-order valence-electron chi connectivity index (χ4n) is 6.56. The van der Waals surface area contributed by atoms with E-state index in [1.54, 1.807) is 0 Å². The molecule has 1 heterocycles. The Hall–Kier alpha value is -4.14. The molecule has 4 aromatic rings. The van der Waals surface area contributed by atoms with E-state index in [-0.39, 0.29) is 10.8 Å². The maximum atomic E-state index is 2.42. The van der Waals surface area contributed by atoms with E-state index < -0.39 is 0 Å². The number of quaternary nitrogens is 1. The standard InChI is InChI=1S/C39H42N2/c1-38(2)33-23-16-17-24-35(33)41(5)36(38)25-13-8-6-7-9-18-28-39(3,29-30-19-11-10-12-20-30)37-32-22-15-14-21-31(32)26-27-34(37)40-4/h6-27,40H,28-29H2,1-5H3/p+1/b7-6+,13-8+,18-9+,36-25+. The Labute approximate surface area is 246 Å². The van der Waals surface area contributed by atoms with Crippen LogP contribution in [0.2, 0.25) is 0 Å². The summed E-state index contributed by atoms with van der Waals surface area (Å²) in [4.78, 5) is 2.31. The van der Waals surface area contributed by atoms with Crippen LogP contribution < -0.4 is 10.2 Å². The van der Waals surface area contributed by atoms with Gasteiger partial charge in [-0.05, 0) is 59.0 Å². The fourth-order valence-corrected chi connectivity index (χ4v) is 6.56. The third kappa shape index (κ3) is 5.85. The minimum atomic E-state index is -0.0533. The Morgan fingerprint density at radius 3 is 2.24 bits per heavy atom. The number of benzene rings is 4. The summed E-state index contributed by atoms with van der Waals surface area (Å²) >= 11 is 0. The SMILES string of the molecule is C[NH2+]c1ccc2ccccc2c1C(C)(C/C=C/C=C/C=C/C=C1/N(C)c2ccccc2C1(C)C)Cc1ccccc1. The van der Waals surface area contributed by atoms with Gasteiger partial charge in [0.15, 0.2) is 0 Å². The predicted octanol–water partition coefficient (Wildman–Crippen LogP) is 8.54. The van der Waals surface area contributed by atoms with Gasteiger partial charge in [-0.1, -0.05) is 130 Å². The van der Waals surface area contributed by atoms with E-state index in [1.807, 2.05) is 0 Å². The monoisotopic (exact) mass is 539 g/mol. The molecule has 208 valence electrons. The topological polar surface area (TPSA) is 19.9 Å². The van der Waals surface area contributed by atoms with E-state index in [2.05, 4.69) is 179 Å². The van der Waals surface area contributed by atoms with Crippen LogP contribution in [-0.2, 0) is 17.3 Å². The molecular weight excluding hydrogens is 496 g/mol. The largest absolute Gasteiger partial charge is 0.347 e. The molecule has 2 nitrogen and oxygen atoms in total. The molecular formula is C39H43N2+. The van der Waals surface area contributed by atoms with Gasteiger partial charge in [0.25, 0.3) is 0 Å². The van der Waals surface area contributed by atoms with Gasteiger partial charge in [-0.3, -0.25) is 0 Å². The van der Waals surface area contributed by atoms with Crippen LogP contribution in [0.25, 0.3) is 10.8 Å². The number of nitrogens with two attached hydrogens (primary N) is 1. The lowest BCUT2D eigenvalue weighted by Crippen LogP contribution is -2.73. The van der Waals surface area contributed by atoms with Crippen molar-refractivity contribution in [1.29, 1.82) is 0 Å². The van der Waals surface area contributed by atoms with E-state index in [0.717, 1.165) is 12.8 Å². The highest BCUT2D eigenvalue weighted by atomic mass is 15.2. The third-order valence-electron chi connectivity index (χ3n) is 8.66. The van der Waals surface area contributed by atoms with Crippen LogP contribution in [0.3, 0.4) is 0 Å². The molecule has 4 aromatic carbocycles. The summed E-state index contributed by atoms with van der Waals surface area (Å²) in [7, 11) is 4.32. The molecule has 1 unspecified atom stereocenters. The number of rotatable bonds is 9. The average Bonchev–Trinajstić information content (AvgIpc) is 3.18. The highest BCUT2D eigenvalue weighted by molar-refractivity contribution is 5.90. The highest BCUT2D eigenvalue weighted by Crippen LogP contribution is 2.46. The Bertz CT molecular complexity index is 1620. The van der Waals surface area contributed by atoms with Crippen LogP contribution in [0.1, 0.15) is 43.9 Å². The highest BCUT2D eigenvalue weighted by Gasteiger charge is 2.37. The van der Waals surface area contributed by atoms with Crippen molar-refractivity contribution >= 4 is 22.1 Å². The quantitative estimate of drug-likeness (QED) is 0.167. The van der Waals surface area contributed by atoms with Gasteiger partial charge >= 0.3 is 0 Å². The first-order valence-electron chi connectivity index (χ1n) is 14.7. The Balaban J connectivity index is 1.35. The number of hydrogen-bond donors (Lipinski definition) is 1. The molecule has 2 N–H and O–H groups in total. The normalized spacial score (nSPS) is 17.3. The van der Waals surface area contributed by atoms with Crippen molar-refractivity contribution in [2.24, 2.45) is 0 Å². The Morgan fingerprint density at radius 1 is 0.780 bits per heavy atom. The summed E-state index contributed by atoms with van der Waals surface area (Å²) in [5, 5.41) is 4.91. The molecule has 0 bridgehead atoms. The number of likely N-dealkylation sites (N-methyl/N-ethyl adjacent to an activating group) is 1. The molecule has 0 aliphatic carbocycles. The minimum Gasteiger partial charge on any atom is -0.347 e. The lowest BCUT2D eigenvalue weighted by atomic mass is 9.72. The molecule has 0 aromatic heterocycles. The molecule has 0 saturated carbocycles. The second-order valence-corrected chi connectivity index (χ2v) is 11.9. The van der Waals surface area contributed by atoms with E-state index in [4.69, 9.17) is 0 Å². The lowest BCUT2D eigenvalue weighted by Gasteiger charge is -2.31. The van der Waals surface area contributed by atoms with E-state index in [9.17, 15) is 0 Å². The Morgan fingerprint density at radius 2 is 1.46 bits per heavy atom. The molecule has 0 spiro atoms. The first-order chi connectivity index (χ1) is 19.8.